The molecule has 0 unspecified atom stereocenters. The van der Waals surface area contributed by atoms with Gasteiger partial charge in [-0.15, -0.1) is 0 Å². The Balaban J connectivity index is 2.07. The SMILES string of the molecule is CC(=O)NN=C(C)[C@@H]1COc2ccccc2O1. The fourth-order valence-corrected chi connectivity index (χ4v) is 1.46. The molecule has 0 aliphatic carbocycles. The summed E-state index contributed by atoms with van der Waals surface area (Å²) in [6, 6.07) is 7.46. The summed E-state index contributed by atoms with van der Waals surface area (Å²) < 4.78 is 11.3. The van der Waals surface area contributed by atoms with Gasteiger partial charge in [0, 0.05) is 6.92 Å². The van der Waals surface area contributed by atoms with Gasteiger partial charge < -0.3 is 9.47 Å². The summed E-state index contributed by atoms with van der Waals surface area (Å²) >= 11 is 0. The average molecular weight is 234 g/mol. The number of para-hydroxylation sites is 2. The van der Waals surface area contributed by atoms with Gasteiger partial charge in [0.2, 0.25) is 5.91 Å². The Bertz CT molecular complexity index is 457. The third-order valence-corrected chi connectivity index (χ3v) is 2.36. The highest BCUT2D eigenvalue weighted by Gasteiger charge is 2.22. The zero-order valence-corrected chi connectivity index (χ0v) is 9.77. The van der Waals surface area contributed by atoms with Crippen molar-refractivity contribution in [1.82, 2.24) is 5.43 Å². The summed E-state index contributed by atoms with van der Waals surface area (Å²) in [5.41, 5.74) is 3.06. The zero-order valence-electron chi connectivity index (χ0n) is 9.77. The normalized spacial score (nSPS) is 18.7. The minimum absolute atomic E-state index is 0.207. The van der Waals surface area contributed by atoms with Crippen LogP contribution in [0.25, 0.3) is 0 Å². The number of hydrogen-bond acceptors (Lipinski definition) is 4. The number of ether oxygens (including phenoxy) is 2. The number of rotatable bonds is 2. The van der Waals surface area contributed by atoms with E-state index in [4.69, 9.17) is 9.47 Å². The highest BCUT2D eigenvalue weighted by Crippen LogP contribution is 2.31. The molecule has 17 heavy (non-hydrogen) atoms. The van der Waals surface area contributed by atoms with Crippen LogP contribution in [0.2, 0.25) is 0 Å². The molecule has 1 N–H and O–H groups in total. The van der Waals surface area contributed by atoms with Gasteiger partial charge >= 0.3 is 0 Å². The first-order chi connectivity index (χ1) is 8.16. The van der Waals surface area contributed by atoms with E-state index >= 15 is 0 Å². The Morgan fingerprint density at radius 3 is 2.76 bits per heavy atom. The van der Waals surface area contributed by atoms with Crippen LogP contribution in [0, 0.1) is 0 Å². The summed E-state index contributed by atoms with van der Waals surface area (Å²) in [5.74, 6) is 1.22. The molecule has 0 radical (unpaired) electrons. The molecule has 0 bridgehead atoms. The molecule has 90 valence electrons. The van der Waals surface area contributed by atoms with Crippen LogP contribution in [0.5, 0.6) is 11.5 Å². The van der Waals surface area contributed by atoms with Crippen LogP contribution in [-0.4, -0.2) is 24.3 Å². The second kappa shape index (κ2) is 4.86. The van der Waals surface area contributed by atoms with Crippen molar-refractivity contribution in [3.63, 3.8) is 0 Å². The van der Waals surface area contributed by atoms with Crippen molar-refractivity contribution in [2.45, 2.75) is 20.0 Å². The first-order valence-electron chi connectivity index (χ1n) is 5.36. The molecule has 0 aromatic heterocycles. The molecular formula is C12H14N2O3. The van der Waals surface area contributed by atoms with Crippen molar-refractivity contribution in [2.24, 2.45) is 5.10 Å². The molecule has 1 atom stereocenters. The third kappa shape index (κ3) is 2.75. The van der Waals surface area contributed by atoms with Crippen LogP contribution >= 0.6 is 0 Å². The molecule has 1 aromatic rings. The van der Waals surface area contributed by atoms with Gasteiger partial charge in [-0.25, -0.2) is 5.43 Å². The maximum absolute atomic E-state index is 10.7. The minimum atomic E-state index is -0.267. The fraction of sp³-hybridized carbons (Fsp3) is 0.333. The molecule has 2 rings (SSSR count). The summed E-state index contributed by atoms with van der Waals surface area (Å²) in [6.07, 6.45) is -0.267. The van der Waals surface area contributed by atoms with Gasteiger partial charge in [0.1, 0.15) is 6.61 Å². The lowest BCUT2D eigenvalue weighted by Gasteiger charge is -2.26. The largest absolute Gasteiger partial charge is 0.485 e. The van der Waals surface area contributed by atoms with Crippen molar-refractivity contribution in [3.05, 3.63) is 24.3 Å². The Morgan fingerprint density at radius 1 is 1.35 bits per heavy atom. The lowest BCUT2D eigenvalue weighted by molar-refractivity contribution is -0.118. The van der Waals surface area contributed by atoms with Gasteiger partial charge in [-0.05, 0) is 19.1 Å². The van der Waals surface area contributed by atoms with E-state index in [1.807, 2.05) is 24.3 Å². The van der Waals surface area contributed by atoms with Crippen molar-refractivity contribution in [2.75, 3.05) is 6.61 Å². The number of nitrogens with one attached hydrogen (secondary N) is 1. The quantitative estimate of drug-likeness (QED) is 0.620. The number of fused-ring (bicyclic) bond motifs is 1. The number of hydrazone groups is 1. The topological polar surface area (TPSA) is 59.9 Å². The van der Waals surface area contributed by atoms with Crippen molar-refractivity contribution < 1.29 is 14.3 Å². The van der Waals surface area contributed by atoms with Crippen LogP contribution in [0.4, 0.5) is 0 Å². The van der Waals surface area contributed by atoms with Crippen LogP contribution in [-0.2, 0) is 4.79 Å². The maximum atomic E-state index is 10.7. The molecule has 0 saturated heterocycles. The van der Waals surface area contributed by atoms with Crippen LogP contribution in [0.1, 0.15) is 13.8 Å². The Morgan fingerprint density at radius 2 is 2.06 bits per heavy atom. The van der Waals surface area contributed by atoms with E-state index in [2.05, 4.69) is 10.5 Å². The summed E-state index contributed by atoms with van der Waals surface area (Å²) in [5, 5.41) is 3.93. The molecule has 0 saturated carbocycles. The Labute approximate surface area is 99.4 Å². The van der Waals surface area contributed by atoms with Gasteiger partial charge in [-0.1, -0.05) is 12.1 Å². The van der Waals surface area contributed by atoms with Crippen LogP contribution in [0.3, 0.4) is 0 Å². The predicted molar refractivity (Wildman–Crippen MR) is 63.3 cm³/mol. The van der Waals surface area contributed by atoms with Crippen LogP contribution in [0.15, 0.2) is 29.4 Å². The Hall–Kier alpha value is -2.04. The van der Waals surface area contributed by atoms with E-state index in [1.165, 1.54) is 6.92 Å². The average Bonchev–Trinajstić information content (AvgIpc) is 2.35. The van der Waals surface area contributed by atoms with E-state index in [-0.39, 0.29) is 12.0 Å². The van der Waals surface area contributed by atoms with E-state index in [9.17, 15) is 4.79 Å². The van der Waals surface area contributed by atoms with Crippen LogP contribution < -0.4 is 14.9 Å². The van der Waals surface area contributed by atoms with Gasteiger partial charge in [0.15, 0.2) is 17.6 Å². The molecule has 1 aliphatic rings. The van der Waals surface area contributed by atoms with E-state index < -0.39 is 0 Å². The number of amides is 1. The minimum Gasteiger partial charge on any atom is -0.485 e. The number of carbonyl (C=O) groups is 1. The summed E-state index contributed by atoms with van der Waals surface area (Å²) in [4.78, 5) is 10.7. The molecule has 1 amide bonds. The fourth-order valence-electron chi connectivity index (χ4n) is 1.46. The lowest BCUT2D eigenvalue weighted by Crippen LogP contribution is -2.36. The number of carbonyl (C=O) groups excluding carboxylic acids is 1. The molecule has 0 spiro atoms. The zero-order chi connectivity index (χ0) is 12.3. The molecular weight excluding hydrogens is 220 g/mol. The van der Waals surface area contributed by atoms with Crippen molar-refractivity contribution in [1.29, 1.82) is 0 Å². The summed E-state index contributed by atoms with van der Waals surface area (Å²) in [6.45, 7) is 3.59. The lowest BCUT2D eigenvalue weighted by atomic mass is 10.2. The monoisotopic (exact) mass is 234 g/mol. The molecule has 5 nitrogen and oxygen atoms in total. The first kappa shape index (κ1) is 11.4. The third-order valence-electron chi connectivity index (χ3n) is 2.36. The molecule has 1 heterocycles. The van der Waals surface area contributed by atoms with Crippen molar-refractivity contribution >= 4 is 11.6 Å². The molecule has 5 heteroatoms. The number of hydrogen-bond donors (Lipinski definition) is 1. The van der Waals surface area contributed by atoms with E-state index in [0.717, 1.165) is 5.75 Å². The molecule has 1 aliphatic heterocycles. The van der Waals surface area contributed by atoms with Gasteiger partial charge in [-0.3, -0.25) is 4.79 Å². The molecule has 0 fully saturated rings. The highest BCUT2D eigenvalue weighted by molar-refractivity contribution is 5.88. The van der Waals surface area contributed by atoms with Gasteiger partial charge in [0.05, 0.1) is 5.71 Å². The first-order valence-corrected chi connectivity index (χ1v) is 5.36. The van der Waals surface area contributed by atoms with Gasteiger partial charge in [0.25, 0.3) is 0 Å². The highest BCUT2D eigenvalue weighted by atomic mass is 16.6. The van der Waals surface area contributed by atoms with Gasteiger partial charge in [-0.2, -0.15) is 5.10 Å². The number of nitrogens with zero attached hydrogens (tertiary/aromatic N) is 1. The smallest absolute Gasteiger partial charge is 0.236 e. The molecule has 1 aromatic carbocycles. The standard InChI is InChI=1S/C12H14N2O3/c1-8(13-14-9(2)15)12-7-16-10-5-3-4-6-11(10)17-12/h3-6,12H,7H2,1-2H3,(H,14,15)/t12-/m0/s1. The van der Waals surface area contributed by atoms with E-state index in [0.29, 0.717) is 18.1 Å². The predicted octanol–water partition coefficient (Wildman–Crippen LogP) is 1.34. The number of benzene rings is 1. The van der Waals surface area contributed by atoms with E-state index in [1.54, 1.807) is 6.92 Å². The van der Waals surface area contributed by atoms with Crippen molar-refractivity contribution in [3.8, 4) is 11.5 Å². The summed E-state index contributed by atoms with van der Waals surface area (Å²) in [7, 11) is 0. The second-order valence-electron chi connectivity index (χ2n) is 3.79. The second-order valence-corrected chi connectivity index (χ2v) is 3.79. The Kier molecular flexibility index (Phi) is 3.27. The maximum Gasteiger partial charge on any atom is 0.236 e.